The van der Waals surface area contributed by atoms with Gasteiger partial charge >= 0.3 is 0 Å². The van der Waals surface area contributed by atoms with E-state index in [1.165, 1.54) is 47.6 Å². The Balaban J connectivity index is 1.54. The first-order valence-electron chi connectivity index (χ1n) is 7.40. The summed E-state index contributed by atoms with van der Waals surface area (Å²) in [5.41, 5.74) is 0. The van der Waals surface area contributed by atoms with E-state index in [9.17, 15) is 0 Å². The van der Waals surface area contributed by atoms with Gasteiger partial charge < -0.3 is 5.32 Å². The van der Waals surface area contributed by atoms with Crippen LogP contribution in [0.3, 0.4) is 0 Å². The third-order valence-corrected chi connectivity index (χ3v) is 6.46. The molecule has 4 rings (SSSR count). The highest BCUT2D eigenvalue weighted by Gasteiger charge is 2.32. The molecule has 2 aliphatic heterocycles. The number of nitrogens with one attached hydrogen (secondary N) is 1. The average Bonchev–Trinajstić information content (AvgIpc) is 3.05. The maximum Gasteiger partial charge on any atom is 0.0637 e. The second kappa shape index (κ2) is 5.30. The van der Waals surface area contributed by atoms with E-state index in [1.54, 1.807) is 0 Å². The van der Waals surface area contributed by atoms with Crippen molar-refractivity contribution in [1.82, 2.24) is 10.2 Å². The minimum absolute atomic E-state index is 0.844. The third kappa shape index (κ3) is 2.27. The predicted molar refractivity (Wildman–Crippen MR) is 86.6 cm³/mol. The number of hydrogen-bond acceptors (Lipinski definition) is 3. The summed E-state index contributed by atoms with van der Waals surface area (Å²) >= 11 is 8.41. The van der Waals surface area contributed by atoms with Crippen LogP contribution in [-0.4, -0.2) is 31.1 Å². The third-order valence-electron chi connectivity index (χ3n) is 4.76. The fourth-order valence-electron chi connectivity index (χ4n) is 3.62. The molecule has 106 valence electrons. The van der Waals surface area contributed by atoms with Crippen molar-refractivity contribution < 1.29 is 0 Å². The molecule has 1 N–H and O–H groups in total. The first-order chi connectivity index (χ1) is 9.81. The molecule has 20 heavy (non-hydrogen) atoms. The molecule has 0 spiro atoms. The van der Waals surface area contributed by atoms with Crippen molar-refractivity contribution in [2.75, 3.05) is 26.2 Å². The van der Waals surface area contributed by atoms with E-state index in [-0.39, 0.29) is 0 Å². The standard InChI is InChI=1S/C16H19ClN2S/c17-16-13-3-1-2-4-14(13)20-15(16)10-19-6-5-11-7-18-8-12(11)9-19/h1-4,11-12,18H,5-10H2. The van der Waals surface area contributed by atoms with Crippen molar-refractivity contribution in [2.45, 2.75) is 13.0 Å². The minimum atomic E-state index is 0.844. The van der Waals surface area contributed by atoms with Crippen LogP contribution in [0.2, 0.25) is 5.02 Å². The number of thiophene rings is 1. The molecule has 2 fully saturated rings. The van der Waals surface area contributed by atoms with Crippen molar-refractivity contribution in [3.8, 4) is 0 Å². The summed E-state index contributed by atoms with van der Waals surface area (Å²) in [6.45, 7) is 5.88. The number of piperidine rings is 1. The molecule has 2 saturated heterocycles. The van der Waals surface area contributed by atoms with Gasteiger partial charge in [0.05, 0.1) is 5.02 Å². The number of likely N-dealkylation sites (tertiary alicyclic amines) is 1. The molecule has 0 amide bonds. The molecule has 0 radical (unpaired) electrons. The second-order valence-corrected chi connectivity index (χ2v) is 7.55. The van der Waals surface area contributed by atoms with Crippen LogP contribution in [-0.2, 0) is 6.54 Å². The van der Waals surface area contributed by atoms with E-state index in [4.69, 9.17) is 11.6 Å². The Morgan fingerprint density at radius 2 is 2.10 bits per heavy atom. The Labute approximate surface area is 128 Å². The molecule has 2 nitrogen and oxygen atoms in total. The van der Waals surface area contributed by atoms with Crippen LogP contribution in [0.5, 0.6) is 0 Å². The summed E-state index contributed by atoms with van der Waals surface area (Å²) in [6, 6.07) is 8.46. The quantitative estimate of drug-likeness (QED) is 0.912. The molecule has 2 atom stereocenters. The minimum Gasteiger partial charge on any atom is -0.316 e. The molecule has 2 aromatic rings. The monoisotopic (exact) mass is 306 g/mol. The van der Waals surface area contributed by atoms with Gasteiger partial charge in [-0.1, -0.05) is 29.8 Å². The molecule has 3 heterocycles. The van der Waals surface area contributed by atoms with Gasteiger partial charge in [-0.15, -0.1) is 11.3 Å². The Morgan fingerprint density at radius 3 is 3.00 bits per heavy atom. The van der Waals surface area contributed by atoms with Crippen molar-refractivity contribution >= 4 is 33.0 Å². The highest BCUT2D eigenvalue weighted by atomic mass is 35.5. The fraction of sp³-hybridized carbons (Fsp3) is 0.500. The van der Waals surface area contributed by atoms with Gasteiger partial charge in [-0.05, 0) is 44.0 Å². The summed E-state index contributed by atoms with van der Waals surface area (Å²) in [5.74, 6) is 1.75. The molecule has 0 saturated carbocycles. The van der Waals surface area contributed by atoms with Gasteiger partial charge in [-0.2, -0.15) is 0 Å². The molecule has 1 aromatic heterocycles. The molecular weight excluding hydrogens is 288 g/mol. The molecule has 4 heteroatoms. The highest BCUT2D eigenvalue weighted by Crippen LogP contribution is 2.37. The number of nitrogens with zero attached hydrogens (tertiary/aromatic N) is 1. The molecule has 0 aliphatic carbocycles. The zero-order valence-corrected chi connectivity index (χ0v) is 13.0. The van der Waals surface area contributed by atoms with Crippen LogP contribution >= 0.6 is 22.9 Å². The normalized spacial score (nSPS) is 27.1. The van der Waals surface area contributed by atoms with Crippen LogP contribution in [0.25, 0.3) is 10.1 Å². The van der Waals surface area contributed by atoms with E-state index < -0.39 is 0 Å². The van der Waals surface area contributed by atoms with Gasteiger partial charge in [0.15, 0.2) is 0 Å². The van der Waals surface area contributed by atoms with E-state index >= 15 is 0 Å². The lowest BCUT2D eigenvalue weighted by molar-refractivity contribution is 0.143. The van der Waals surface area contributed by atoms with Crippen LogP contribution in [0.1, 0.15) is 11.3 Å². The smallest absolute Gasteiger partial charge is 0.0637 e. The van der Waals surface area contributed by atoms with Gasteiger partial charge in [-0.25, -0.2) is 0 Å². The average molecular weight is 307 g/mol. The summed E-state index contributed by atoms with van der Waals surface area (Å²) in [4.78, 5) is 3.92. The number of fused-ring (bicyclic) bond motifs is 2. The Hall–Kier alpha value is -0.610. The van der Waals surface area contributed by atoms with Crippen molar-refractivity contribution in [1.29, 1.82) is 0 Å². The second-order valence-electron chi connectivity index (χ2n) is 6.04. The fourth-order valence-corrected chi connectivity index (χ4v) is 5.16. The summed E-state index contributed by atoms with van der Waals surface area (Å²) in [7, 11) is 0. The first-order valence-corrected chi connectivity index (χ1v) is 8.59. The number of benzene rings is 1. The predicted octanol–water partition coefficient (Wildman–Crippen LogP) is 3.60. The maximum absolute atomic E-state index is 6.56. The molecule has 1 aromatic carbocycles. The zero-order valence-electron chi connectivity index (χ0n) is 11.4. The Kier molecular flexibility index (Phi) is 3.47. The van der Waals surface area contributed by atoms with Gasteiger partial charge in [0, 0.05) is 28.1 Å². The Bertz CT molecular complexity index is 624. The van der Waals surface area contributed by atoms with Gasteiger partial charge in [0.1, 0.15) is 0 Å². The zero-order chi connectivity index (χ0) is 13.5. The Morgan fingerprint density at radius 1 is 1.25 bits per heavy atom. The van der Waals surface area contributed by atoms with Crippen molar-refractivity contribution in [3.05, 3.63) is 34.2 Å². The largest absolute Gasteiger partial charge is 0.316 e. The summed E-state index contributed by atoms with van der Waals surface area (Å²) in [5, 5.41) is 5.72. The van der Waals surface area contributed by atoms with E-state index in [1.807, 2.05) is 11.3 Å². The van der Waals surface area contributed by atoms with Gasteiger partial charge in [-0.3, -0.25) is 4.90 Å². The first kappa shape index (κ1) is 13.1. The lowest BCUT2D eigenvalue weighted by Gasteiger charge is -2.34. The number of rotatable bonds is 2. The highest BCUT2D eigenvalue weighted by molar-refractivity contribution is 7.19. The van der Waals surface area contributed by atoms with Crippen LogP contribution in [0.4, 0.5) is 0 Å². The van der Waals surface area contributed by atoms with E-state index in [0.29, 0.717) is 0 Å². The van der Waals surface area contributed by atoms with Gasteiger partial charge in [0.25, 0.3) is 0 Å². The topological polar surface area (TPSA) is 15.3 Å². The number of hydrogen-bond donors (Lipinski definition) is 1. The SMILES string of the molecule is Clc1c(CN2CCC3CNCC3C2)sc2ccccc12. The molecule has 0 bridgehead atoms. The van der Waals surface area contributed by atoms with Crippen molar-refractivity contribution in [2.24, 2.45) is 11.8 Å². The molecular formula is C16H19ClN2S. The van der Waals surface area contributed by atoms with Crippen LogP contribution in [0, 0.1) is 11.8 Å². The molecule has 2 aliphatic rings. The lowest BCUT2D eigenvalue weighted by Crippen LogP contribution is -2.39. The summed E-state index contributed by atoms with van der Waals surface area (Å²) in [6.07, 6.45) is 1.33. The number of halogens is 1. The molecule has 2 unspecified atom stereocenters. The van der Waals surface area contributed by atoms with E-state index in [0.717, 1.165) is 23.4 Å². The van der Waals surface area contributed by atoms with Crippen LogP contribution < -0.4 is 5.32 Å². The van der Waals surface area contributed by atoms with Crippen LogP contribution in [0.15, 0.2) is 24.3 Å². The van der Waals surface area contributed by atoms with Gasteiger partial charge in [0.2, 0.25) is 0 Å². The van der Waals surface area contributed by atoms with E-state index in [2.05, 4.69) is 34.5 Å². The van der Waals surface area contributed by atoms with Crippen molar-refractivity contribution in [3.63, 3.8) is 0 Å². The lowest BCUT2D eigenvalue weighted by atomic mass is 9.89. The summed E-state index contributed by atoms with van der Waals surface area (Å²) < 4.78 is 1.31. The maximum atomic E-state index is 6.56.